The predicted molar refractivity (Wildman–Crippen MR) is 65.4 cm³/mol. The van der Waals surface area contributed by atoms with Gasteiger partial charge in [-0.25, -0.2) is 9.59 Å². The van der Waals surface area contributed by atoms with E-state index in [4.69, 9.17) is 20.4 Å². The summed E-state index contributed by atoms with van der Waals surface area (Å²) in [5, 5.41) is 33.3. The van der Waals surface area contributed by atoms with Crippen molar-refractivity contribution in [3.8, 4) is 0 Å². The Morgan fingerprint density at radius 1 is 0.895 bits per heavy atom. The van der Waals surface area contributed by atoms with E-state index in [2.05, 4.69) is 4.74 Å². The molecular formula is C12H16O7. The largest absolute Gasteiger partial charge is 0.478 e. The van der Waals surface area contributed by atoms with Crippen molar-refractivity contribution in [3.05, 3.63) is 35.4 Å². The van der Waals surface area contributed by atoms with Gasteiger partial charge in [0.1, 0.15) is 0 Å². The van der Waals surface area contributed by atoms with Crippen molar-refractivity contribution in [3.63, 3.8) is 0 Å². The van der Waals surface area contributed by atoms with Crippen molar-refractivity contribution in [2.45, 2.75) is 0 Å². The maximum absolute atomic E-state index is 10.5. The molecule has 1 aromatic carbocycles. The van der Waals surface area contributed by atoms with Crippen LogP contribution in [0.2, 0.25) is 0 Å². The SMILES string of the molecule is O=C(O)c1ccccc1C(=O)O.OCCOCCO. The van der Waals surface area contributed by atoms with Gasteiger partial charge in [0.2, 0.25) is 0 Å². The molecule has 19 heavy (non-hydrogen) atoms. The van der Waals surface area contributed by atoms with E-state index in [0.717, 1.165) is 0 Å². The molecule has 0 fully saturated rings. The number of ether oxygens (including phenoxy) is 1. The molecule has 0 spiro atoms. The van der Waals surface area contributed by atoms with Gasteiger partial charge in [0.25, 0.3) is 0 Å². The molecule has 0 aliphatic carbocycles. The number of aliphatic hydroxyl groups is 2. The van der Waals surface area contributed by atoms with Gasteiger partial charge in [0.05, 0.1) is 37.6 Å². The Balaban J connectivity index is 0.000000399. The summed E-state index contributed by atoms with van der Waals surface area (Å²) in [6.07, 6.45) is 0. The third kappa shape index (κ3) is 7.14. The minimum Gasteiger partial charge on any atom is -0.478 e. The maximum Gasteiger partial charge on any atom is 0.336 e. The fourth-order valence-electron chi connectivity index (χ4n) is 1.09. The molecule has 4 N–H and O–H groups in total. The van der Waals surface area contributed by atoms with Crippen LogP contribution in [0.15, 0.2) is 24.3 Å². The molecule has 0 saturated carbocycles. The second-order valence-corrected chi connectivity index (χ2v) is 3.22. The van der Waals surface area contributed by atoms with Crippen LogP contribution in [0.4, 0.5) is 0 Å². The second kappa shape index (κ2) is 10.0. The number of rotatable bonds is 6. The lowest BCUT2D eigenvalue weighted by atomic mass is 10.1. The molecule has 1 rings (SSSR count). The van der Waals surface area contributed by atoms with Crippen molar-refractivity contribution in [1.29, 1.82) is 0 Å². The van der Waals surface area contributed by atoms with E-state index in [9.17, 15) is 9.59 Å². The molecular weight excluding hydrogens is 256 g/mol. The van der Waals surface area contributed by atoms with Crippen molar-refractivity contribution < 1.29 is 34.8 Å². The van der Waals surface area contributed by atoms with Crippen LogP contribution < -0.4 is 0 Å². The van der Waals surface area contributed by atoms with Crippen molar-refractivity contribution in [2.24, 2.45) is 0 Å². The molecule has 0 amide bonds. The first-order valence-electron chi connectivity index (χ1n) is 5.39. The van der Waals surface area contributed by atoms with Gasteiger partial charge in [-0.2, -0.15) is 0 Å². The Hall–Kier alpha value is -1.96. The highest BCUT2D eigenvalue weighted by atomic mass is 16.5. The number of benzene rings is 1. The zero-order valence-electron chi connectivity index (χ0n) is 10.2. The minimum absolute atomic E-state index is 0.0278. The Labute approximate surface area is 109 Å². The Kier molecular flexibility index (Phi) is 8.98. The molecule has 0 bridgehead atoms. The van der Waals surface area contributed by atoms with Crippen LogP contribution >= 0.6 is 0 Å². The molecule has 0 aliphatic heterocycles. The van der Waals surface area contributed by atoms with Crippen molar-refractivity contribution in [1.82, 2.24) is 0 Å². The smallest absolute Gasteiger partial charge is 0.336 e. The number of hydrogen-bond donors (Lipinski definition) is 4. The summed E-state index contributed by atoms with van der Waals surface area (Å²) in [5.41, 5.74) is -0.380. The van der Waals surface area contributed by atoms with E-state index in [0.29, 0.717) is 13.2 Å². The van der Waals surface area contributed by atoms with Crippen LogP contribution in [-0.2, 0) is 4.74 Å². The number of carbonyl (C=O) groups is 2. The molecule has 106 valence electrons. The van der Waals surface area contributed by atoms with Gasteiger partial charge in [-0.1, -0.05) is 12.1 Å². The van der Waals surface area contributed by atoms with Crippen LogP contribution in [0, 0.1) is 0 Å². The molecule has 0 aromatic heterocycles. The van der Waals surface area contributed by atoms with Gasteiger partial charge in [0.15, 0.2) is 0 Å². The normalized spacial score (nSPS) is 9.37. The minimum atomic E-state index is -1.23. The highest BCUT2D eigenvalue weighted by Crippen LogP contribution is 2.07. The topological polar surface area (TPSA) is 124 Å². The lowest BCUT2D eigenvalue weighted by molar-refractivity contribution is 0.0650. The highest BCUT2D eigenvalue weighted by Gasteiger charge is 2.13. The van der Waals surface area contributed by atoms with E-state index in [1.807, 2.05) is 0 Å². The molecule has 0 heterocycles. The summed E-state index contributed by atoms with van der Waals surface area (Å²) < 4.78 is 4.63. The zero-order chi connectivity index (χ0) is 14.7. The van der Waals surface area contributed by atoms with Crippen LogP contribution in [0.25, 0.3) is 0 Å². The quantitative estimate of drug-likeness (QED) is 0.540. The fourth-order valence-corrected chi connectivity index (χ4v) is 1.09. The van der Waals surface area contributed by atoms with Gasteiger partial charge in [-0.15, -0.1) is 0 Å². The molecule has 0 radical (unpaired) electrons. The average molecular weight is 272 g/mol. The molecule has 7 heteroatoms. The molecule has 0 atom stereocenters. The monoisotopic (exact) mass is 272 g/mol. The van der Waals surface area contributed by atoms with E-state index in [-0.39, 0.29) is 24.3 Å². The molecule has 1 aromatic rings. The van der Waals surface area contributed by atoms with E-state index < -0.39 is 11.9 Å². The predicted octanol–water partition coefficient (Wildman–Crippen LogP) is 0.0706. The Morgan fingerprint density at radius 3 is 1.53 bits per heavy atom. The maximum atomic E-state index is 10.5. The van der Waals surface area contributed by atoms with Gasteiger partial charge >= 0.3 is 11.9 Å². The molecule has 0 saturated heterocycles. The van der Waals surface area contributed by atoms with Crippen LogP contribution in [0.3, 0.4) is 0 Å². The molecule has 0 aliphatic rings. The van der Waals surface area contributed by atoms with Crippen LogP contribution in [-0.4, -0.2) is 58.8 Å². The van der Waals surface area contributed by atoms with Crippen LogP contribution in [0.1, 0.15) is 20.7 Å². The lowest BCUT2D eigenvalue weighted by Crippen LogP contribution is -2.06. The summed E-state index contributed by atoms with van der Waals surface area (Å²) in [6, 6.07) is 5.48. The standard InChI is InChI=1S/C8H6O4.C4H10O3/c9-7(10)5-3-1-2-4-6(5)8(11)12;5-1-3-7-4-2-6/h1-4H,(H,9,10)(H,11,12);5-6H,1-4H2. The zero-order valence-corrected chi connectivity index (χ0v) is 10.2. The Morgan fingerprint density at radius 2 is 1.26 bits per heavy atom. The lowest BCUT2D eigenvalue weighted by Gasteiger charge is -1.98. The van der Waals surface area contributed by atoms with Gasteiger partial charge in [-0.05, 0) is 12.1 Å². The summed E-state index contributed by atoms with van der Waals surface area (Å²) in [7, 11) is 0. The molecule has 0 unspecified atom stereocenters. The van der Waals surface area contributed by atoms with Crippen molar-refractivity contribution in [2.75, 3.05) is 26.4 Å². The number of carboxylic acids is 2. The van der Waals surface area contributed by atoms with Gasteiger partial charge in [-0.3, -0.25) is 0 Å². The first kappa shape index (κ1) is 17.0. The first-order valence-corrected chi connectivity index (χ1v) is 5.39. The van der Waals surface area contributed by atoms with E-state index >= 15 is 0 Å². The van der Waals surface area contributed by atoms with Crippen LogP contribution in [0.5, 0.6) is 0 Å². The number of aliphatic hydroxyl groups excluding tert-OH is 2. The fraction of sp³-hybridized carbons (Fsp3) is 0.333. The number of hydrogen-bond acceptors (Lipinski definition) is 5. The summed E-state index contributed by atoms with van der Waals surface area (Å²) >= 11 is 0. The third-order valence-electron chi connectivity index (χ3n) is 1.86. The third-order valence-corrected chi connectivity index (χ3v) is 1.86. The highest BCUT2D eigenvalue weighted by molar-refractivity contribution is 6.01. The number of carboxylic acid groups (broad SMARTS) is 2. The number of aromatic carboxylic acids is 2. The first-order chi connectivity index (χ1) is 9.04. The summed E-state index contributed by atoms with van der Waals surface area (Å²) in [4.78, 5) is 20.9. The Bertz CT molecular complexity index is 366. The average Bonchev–Trinajstić information content (AvgIpc) is 2.40. The van der Waals surface area contributed by atoms with E-state index in [1.165, 1.54) is 24.3 Å². The summed E-state index contributed by atoms with van der Waals surface area (Å²) in [6.45, 7) is 0.696. The summed E-state index contributed by atoms with van der Waals surface area (Å²) in [5.74, 6) is -2.46. The van der Waals surface area contributed by atoms with Gasteiger partial charge < -0.3 is 25.2 Å². The van der Waals surface area contributed by atoms with E-state index in [1.54, 1.807) is 0 Å². The molecule has 7 nitrogen and oxygen atoms in total. The second-order valence-electron chi connectivity index (χ2n) is 3.22. The van der Waals surface area contributed by atoms with Gasteiger partial charge in [0, 0.05) is 0 Å². The van der Waals surface area contributed by atoms with Crippen molar-refractivity contribution >= 4 is 11.9 Å².